The molecule has 0 aliphatic carbocycles. The van der Waals surface area contributed by atoms with Gasteiger partial charge in [-0.15, -0.1) is 0 Å². The van der Waals surface area contributed by atoms with Crippen LogP contribution in [0.2, 0.25) is 5.02 Å². The monoisotopic (exact) mass is 319 g/mol. The van der Waals surface area contributed by atoms with E-state index in [0.29, 0.717) is 16.9 Å². The van der Waals surface area contributed by atoms with Crippen molar-refractivity contribution in [2.45, 2.75) is 6.54 Å². The van der Waals surface area contributed by atoms with Crippen LogP contribution in [0.1, 0.15) is 16.1 Å². The smallest absolute Gasteiger partial charge is 0.355 e. The minimum Gasteiger partial charge on any atom is -0.476 e. The molecule has 0 spiro atoms. The molecular weight excluding hydrogens is 309 g/mol. The predicted octanol–water partition coefficient (Wildman–Crippen LogP) is 3.44. The number of aromatic carboxylic acids is 1. The van der Waals surface area contributed by atoms with Crippen molar-refractivity contribution in [2.75, 3.05) is 5.32 Å². The molecule has 3 rings (SSSR count). The summed E-state index contributed by atoms with van der Waals surface area (Å²) in [5, 5.41) is 12.7. The number of benzene rings is 1. The molecule has 0 saturated carbocycles. The lowest BCUT2D eigenvalue weighted by atomic mass is 10.2. The number of aromatic nitrogens is 2. The van der Waals surface area contributed by atoms with Gasteiger partial charge in [-0.3, -0.25) is 4.40 Å². The number of carboxylic acid groups (broad SMARTS) is 1. The number of nitrogens with one attached hydrogen (secondary N) is 1. The maximum Gasteiger partial charge on any atom is 0.355 e. The molecule has 3 aromatic rings. The zero-order valence-electron chi connectivity index (χ0n) is 11.3. The van der Waals surface area contributed by atoms with Crippen molar-refractivity contribution >= 4 is 28.9 Å². The highest BCUT2D eigenvalue weighted by Crippen LogP contribution is 2.22. The normalized spacial score (nSPS) is 10.8. The number of carboxylic acids is 1. The van der Waals surface area contributed by atoms with Crippen molar-refractivity contribution in [2.24, 2.45) is 0 Å². The SMILES string of the molecule is O=C(O)c1c(NCc2ccc(F)cc2Cl)ccc2nccn12. The predicted molar refractivity (Wildman–Crippen MR) is 80.9 cm³/mol. The van der Waals surface area contributed by atoms with Crippen molar-refractivity contribution in [3.05, 3.63) is 64.8 Å². The van der Waals surface area contributed by atoms with Gasteiger partial charge in [-0.25, -0.2) is 14.2 Å². The van der Waals surface area contributed by atoms with Gasteiger partial charge >= 0.3 is 5.97 Å². The van der Waals surface area contributed by atoms with Gasteiger partial charge < -0.3 is 10.4 Å². The third-order valence-electron chi connectivity index (χ3n) is 3.25. The van der Waals surface area contributed by atoms with Crippen LogP contribution in [-0.2, 0) is 6.54 Å². The van der Waals surface area contributed by atoms with E-state index in [1.165, 1.54) is 22.7 Å². The molecule has 2 aromatic heterocycles. The van der Waals surface area contributed by atoms with Gasteiger partial charge in [0.1, 0.15) is 11.5 Å². The number of imidazole rings is 1. The number of pyridine rings is 1. The fourth-order valence-electron chi connectivity index (χ4n) is 2.21. The summed E-state index contributed by atoms with van der Waals surface area (Å²) < 4.78 is 14.5. The third-order valence-corrected chi connectivity index (χ3v) is 3.60. The van der Waals surface area contributed by atoms with Crippen LogP contribution in [0.5, 0.6) is 0 Å². The van der Waals surface area contributed by atoms with E-state index in [1.54, 1.807) is 24.4 Å². The second kappa shape index (κ2) is 5.65. The van der Waals surface area contributed by atoms with Crippen LogP contribution in [0.15, 0.2) is 42.7 Å². The Bertz CT molecular complexity index is 863. The molecule has 112 valence electrons. The molecule has 0 bridgehead atoms. The number of fused-ring (bicyclic) bond motifs is 1. The lowest BCUT2D eigenvalue weighted by molar-refractivity contribution is 0.0690. The molecule has 0 fully saturated rings. The van der Waals surface area contributed by atoms with Gasteiger partial charge in [-0.1, -0.05) is 17.7 Å². The lowest BCUT2D eigenvalue weighted by Gasteiger charge is -2.12. The van der Waals surface area contributed by atoms with E-state index in [2.05, 4.69) is 10.3 Å². The fraction of sp³-hybridized carbons (Fsp3) is 0.0667. The Morgan fingerprint density at radius 2 is 2.18 bits per heavy atom. The summed E-state index contributed by atoms with van der Waals surface area (Å²) in [4.78, 5) is 15.5. The molecule has 2 N–H and O–H groups in total. The summed E-state index contributed by atoms with van der Waals surface area (Å²) in [7, 11) is 0. The van der Waals surface area contributed by atoms with Crippen LogP contribution >= 0.6 is 11.6 Å². The van der Waals surface area contributed by atoms with Gasteiger partial charge in [0.15, 0.2) is 5.69 Å². The van der Waals surface area contributed by atoms with Crippen LogP contribution in [0.4, 0.5) is 10.1 Å². The van der Waals surface area contributed by atoms with Crippen molar-refractivity contribution in [1.82, 2.24) is 9.38 Å². The van der Waals surface area contributed by atoms with Crippen LogP contribution < -0.4 is 5.32 Å². The van der Waals surface area contributed by atoms with Crippen LogP contribution in [0.3, 0.4) is 0 Å². The van der Waals surface area contributed by atoms with Crippen LogP contribution in [0.25, 0.3) is 5.65 Å². The van der Waals surface area contributed by atoms with Crippen LogP contribution in [-0.4, -0.2) is 20.5 Å². The first-order valence-electron chi connectivity index (χ1n) is 6.43. The van der Waals surface area contributed by atoms with E-state index in [1.807, 2.05) is 0 Å². The van der Waals surface area contributed by atoms with Crippen LogP contribution in [0, 0.1) is 5.82 Å². The highest BCUT2D eigenvalue weighted by molar-refractivity contribution is 6.31. The maximum absolute atomic E-state index is 13.0. The zero-order chi connectivity index (χ0) is 15.7. The average molecular weight is 320 g/mol. The number of hydrogen-bond acceptors (Lipinski definition) is 3. The Hall–Kier alpha value is -2.60. The molecule has 0 atom stereocenters. The highest BCUT2D eigenvalue weighted by Gasteiger charge is 2.15. The Kier molecular flexibility index (Phi) is 3.68. The Morgan fingerprint density at radius 1 is 1.36 bits per heavy atom. The van der Waals surface area contributed by atoms with E-state index < -0.39 is 11.8 Å². The first kappa shape index (κ1) is 14.3. The Morgan fingerprint density at radius 3 is 2.91 bits per heavy atom. The lowest BCUT2D eigenvalue weighted by Crippen LogP contribution is -2.11. The molecule has 5 nitrogen and oxygen atoms in total. The molecule has 22 heavy (non-hydrogen) atoms. The second-order valence-electron chi connectivity index (χ2n) is 4.65. The molecular formula is C15H11ClFN3O2. The minimum absolute atomic E-state index is 0.0771. The number of hydrogen-bond donors (Lipinski definition) is 2. The molecule has 0 saturated heterocycles. The number of anilines is 1. The summed E-state index contributed by atoms with van der Waals surface area (Å²) in [6.45, 7) is 0.277. The molecule has 0 radical (unpaired) electrons. The standard InChI is InChI=1S/C15H11ClFN3O2/c16-11-7-10(17)2-1-9(11)8-19-12-3-4-13-18-5-6-20(13)14(12)15(21)22/h1-7,19H,8H2,(H,21,22). The summed E-state index contributed by atoms with van der Waals surface area (Å²) >= 11 is 5.96. The molecule has 0 unspecified atom stereocenters. The van der Waals surface area contributed by atoms with Crippen molar-refractivity contribution in [3.63, 3.8) is 0 Å². The third kappa shape index (κ3) is 2.60. The summed E-state index contributed by atoms with van der Waals surface area (Å²) in [5.41, 5.74) is 1.72. The maximum atomic E-state index is 13.0. The Labute approximate surface area is 130 Å². The van der Waals surface area contributed by atoms with Crippen molar-refractivity contribution < 1.29 is 14.3 Å². The first-order chi connectivity index (χ1) is 10.6. The number of rotatable bonds is 4. The van der Waals surface area contributed by atoms with Gasteiger partial charge in [0.05, 0.1) is 5.69 Å². The van der Waals surface area contributed by atoms with Gasteiger partial charge in [0, 0.05) is 24.0 Å². The summed E-state index contributed by atoms with van der Waals surface area (Å²) in [6, 6.07) is 7.43. The van der Waals surface area contributed by atoms with E-state index in [0.717, 1.165) is 0 Å². The van der Waals surface area contributed by atoms with E-state index >= 15 is 0 Å². The Balaban J connectivity index is 1.93. The molecule has 0 aliphatic rings. The van der Waals surface area contributed by atoms with Gasteiger partial charge in [-0.2, -0.15) is 0 Å². The summed E-state index contributed by atoms with van der Waals surface area (Å²) in [5.74, 6) is -1.49. The van der Waals surface area contributed by atoms with E-state index in [4.69, 9.17) is 11.6 Å². The molecule has 2 heterocycles. The topological polar surface area (TPSA) is 66.6 Å². The van der Waals surface area contributed by atoms with Gasteiger partial charge in [-0.05, 0) is 29.8 Å². The average Bonchev–Trinajstić information content (AvgIpc) is 2.93. The molecule has 7 heteroatoms. The highest BCUT2D eigenvalue weighted by atomic mass is 35.5. The number of halogens is 2. The number of nitrogens with zero attached hydrogens (tertiary/aromatic N) is 2. The first-order valence-corrected chi connectivity index (χ1v) is 6.81. The van der Waals surface area contributed by atoms with E-state index in [9.17, 15) is 14.3 Å². The van der Waals surface area contributed by atoms with Crippen molar-refractivity contribution in [1.29, 1.82) is 0 Å². The summed E-state index contributed by atoms with van der Waals surface area (Å²) in [6.07, 6.45) is 3.11. The molecule has 0 aliphatic heterocycles. The number of carbonyl (C=O) groups is 1. The molecule has 1 aromatic carbocycles. The fourth-order valence-corrected chi connectivity index (χ4v) is 2.44. The van der Waals surface area contributed by atoms with Crippen molar-refractivity contribution in [3.8, 4) is 0 Å². The van der Waals surface area contributed by atoms with Gasteiger partial charge in [0.2, 0.25) is 0 Å². The second-order valence-corrected chi connectivity index (χ2v) is 5.05. The quantitative estimate of drug-likeness (QED) is 0.773. The molecule has 0 amide bonds. The largest absolute Gasteiger partial charge is 0.476 e. The van der Waals surface area contributed by atoms with E-state index in [-0.39, 0.29) is 17.3 Å². The minimum atomic E-state index is -1.07. The van der Waals surface area contributed by atoms with Gasteiger partial charge in [0.25, 0.3) is 0 Å². The zero-order valence-corrected chi connectivity index (χ0v) is 12.0.